The van der Waals surface area contributed by atoms with Gasteiger partial charge < -0.3 is 14.8 Å². The van der Waals surface area contributed by atoms with Crippen molar-refractivity contribution in [3.63, 3.8) is 0 Å². The lowest BCUT2D eigenvalue weighted by molar-refractivity contribution is 0.0178. The Labute approximate surface area is 183 Å². The summed E-state index contributed by atoms with van der Waals surface area (Å²) >= 11 is 0. The van der Waals surface area contributed by atoms with Crippen molar-refractivity contribution < 1.29 is 18.0 Å². The molecule has 1 saturated carbocycles. The maximum atomic E-state index is 13.9. The first-order chi connectivity index (χ1) is 15.3. The summed E-state index contributed by atoms with van der Waals surface area (Å²) in [6, 6.07) is 1.85. The van der Waals surface area contributed by atoms with E-state index in [4.69, 9.17) is 0 Å². The summed E-state index contributed by atoms with van der Waals surface area (Å²) in [6.45, 7) is 6.14. The van der Waals surface area contributed by atoms with Crippen molar-refractivity contribution in [1.29, 1.82) is 0 Å². The van der Waals surface area contributed by atoms with Gasteiger partial charge in [0.1, 0.15) is 23.0 Å². The van der Waals surface area contributed by atoms with Gasteiger partial charge in [-0.1, -0.05) is 6.58 Å². The topological polar surface area (TPSA) is 54.3 Å². The summed E-state index contributed by atoms with van der Waals surface area (Å²) in [4.78, 5) is 28.2. The smallest absolute Gasteiger partial charge is 0.257 e. The number of carbonyl (C=O) groups is 1. The van der Waals surface area contributed by atoms with Crippen molar-refractivity contribution in [1.82, 2.24) is 14.8 Å². The number of piperidine rings is 2. The van der Waals surface area contributed by atoms with Crippen LogP contribution >= 0.6 is 0 Å². The molecule has 2 bridgehead atoms. The van der Waals surface area contributed by atoms with E-state index in [0.29, 0.717) is 42.2 Å². The van der Waals surface area contributed by atoms with E-state index in [1.165, 1.54) is 19.0 Å². The number of carbonyl (C=O) groups excluding carboxylic acids is 1. The Balaban J connectivity index is 1.45. The summed E-state index contributed by atoms with van der Waals surface area (Å²) in [5, 5.41) is 2.40. The highest BCUT2D eigenvalue weighted by molar-refractivity contribution is 5.94. The summed E-state index contributed by atoms with van der Waals surface area (Å²) in [7, 11) is 0. The van der Waals surface area contributed by atoms with Gasteiger partial charge in [-0.05, 0) is 38.5 Å². The molecule has 1 aromatic carbocycles. The lowest BCUT2D eigenvalue weighted by Crippen LogP contribution is -2.58. The fraction of sp³-hybridized carbons (Fsp3) is 0.417. The molecule has 2 saturated heterocycles. The molecular weight excluding hydrogens is 419 g/mol. The van der Waals surface area contributed by atoms with Gasteiger partial charge in [0.2, 0.25) is 0 Å². The summed E-state index contributed by atoms with van der Waals surface area (Å²) in [5.74, 6) is -3.39. The highest BCUT2D eigenvalue weighted by atomic mass is 19.1. The van der Waals surface area contributed by atoms with Crippen LogP contribution < -0.4 is 10.7 Å². The number of rotatable bonds is 3. The van der Waals surface area contributed by atoms with Crippen molar-refractivity contribution in [2.24, 2.45) is 5.92 Å². The minimum atomic E-state index is -1.09. The molecule has 0 spiro atoms. The molecule has 0 unspecified atom stereocenters. The van der Waals surface area contributed by atoms with Gasteiger partial charge in [-0.25, -0.2) is 13.2 Å². The zero-order chi connectivity index (χ0) is 22.7. The van der Waals surface area contributed by atoms with E-state index in [9.17, 15) is 22.8 Å². The second-order valence-corrected chi connectivity index (χ2v) is 9.02. The number of hydrogen-bond donors (Lipinski definition) is 1. The molecule has 1 aliphatic carbocycles. The van der Waals surface area contributed by atoms with Crippen LogP contribution in [0.4, 0.5) is 13.2 Å². The molecule has 5 nitrogen and oxygen atoms in total. The van der Waals surface area contributed by atoms with E-state index in [1.54, 1.807) is 6.92 Å². The second-order valence-electron chi connectivity index (χ2n) is 9.02. The normalized spacial score (nSPS) is 23.7. The molecule has 3 fully saturated rings. The third-order valence-electron chi connectivity index (χ3n) is 7.29. The predicted molar refractivity (Wildman–Crippen MR) is 113 cm³/mol. The number of fused-ring (bicyclic) bond motifs is 3. The van der Waals surface area contributed by atoms with Gasteiger partial charge in [-0.2, -0.15) is 0 Å². The van der Waals surface area contributed by atoms with Crippen molar-refractivity contribution in [2.45, 2.75) is 57.8 Å². The van der Waals surface area contributed by atoms with Crippen molar-refractivity contribution >= 4 is 11.6 Å². The van der Waals surface area contributed by atoms with Gasteiger partial charge >= 0.3 is 0 Å². The van der Waals surface area contributed by atoms with Gasteiger partial charge in [0, 0.05) is 48.6 Å². The van der Waals surface area contributed by atoms with Crippen LogP contribution in [0.3, 0.4) is 0 Å². The molecule has 1 aromatic heterocycles. The number of benzene rings is 1. The molecular formula is C24H24F3N3O2. The molecule has 32 heavy (non-hydrogen) atoms. The predicted octanol–water partition coefficient (Wildman–Crippen LogP) is 3.73. The molecule has 3 aliphatic heterocycles. The number of nitrogens with zero attached hydrogens (tertiary/aromatic N) is 2. The summed E-state index contributed by atoms with van der Waals surface area (Å²) in [6.07, 6.45) is 6.16. The number of nitrogens with one attached hydrogen (secondary N) is 1. The monoisotopic (exact) mass is 443 g/mol. The van der Waals surface area contributed by atoms with Gasteiger partial charge in [0.05, 0.1) is 17.4 Å². The zero-order valence-corrected chi connectivity index (χ0v) is 17.8. The summed E-state index contributed by atoms with van der Waals surface area (Å²) in [5.41, 5.74) is 1.02. The van der Waals surface area contributed by atoms with Crippen LogP contribution in [0.1, 0.15) is 52.9 Å². The molecule has 1 N–H and O–H groups in total. The quantitative estimate of drug-likeness (QED) is 0.787. The molecule has 1 atom stereocenters. The third kappa shape index (κ3) is 3.15. The largest absolute Gasteiger partial charge is 0.362 e. The van der Waals surface area contributed by atoms with Gasteiger partial charge in [0.15, 0.2) is 5.43 Å². The summed E-state index contributed by atoms with van der Waals surface area (Å²) < 4.78 is 42.8. The second kappa shape index (κ2) is 7.53. The Morgan fingerprint density at radius 2 is 1.81 bits per heavy atom. The first-order valence-electron chi connectivity index (χ1n) is 10.9. The minimum absolute atomic E-state index is 0.0867. The number of amides is 1. The van der Waals surface area contributed by atoms with Crippen LogP contribution in [0.5, 0.6) is 0 Å². The van der Waals surface area contributed by atoms with Gasteiger partial charge in [-0.3, -0.25) is 9.59 Å². The van der Waals surface area contributed by atoms with E-state index < -0.39 is 40.9 Å². The molecule has 2 aromatic rings. The first kappa shape index (κ1) is 20.8. The zero-order valence-electron chi connectivity index (χ0n) is 17.8. The average Bonchev–Trinajstić information content (AvgIpc) is 2.75. The molecule has 4 heterocycles. The van der Waals surface area contributed by atoms with Crippen LogP contribution in [-0.2, 0) is 13.1 Å². The standard InChI is InChI=1S/C24H24F3N3O2/c1-12-22-13(2)30-16-5-3-14(4-6-16)21(30)11-29(22)10-18(23(12)31)24(32)28-9-17-19(26)7-15(25)8-20(17)27/h7-8,10,14,16,21H,2-6,9,11H2,1H3,(H,28,32)/t14?,16?,21-/m0/s1. The highest BCUT2D eigenvalue weighted by Crippen LogP contribution is 2.46. The Morgan fingerprint density at radius 1 is 1.16 bits per heavy atom. The minimum Gasteiger partial charge on any atom is -0.362 e. The Kier molecular flexibility index (Phi) is 4.91. The number of pyridine rings is 1. The van der Waals surface area contributed by atoms with Crippen LogP contribution in [0, 0.1) is 30.3 Å². The fourth-order valence-corrected chi connectivity index (χ4v) is 5.74. The van der Waals surface area contributed by atoms with Crippen LogP contribution in [0.2, 0.25) is 0 Å². The Hall–Kier alpha value is -3.03. The lowest BCUT2D eigenvalue weighted by atomic mass is 9.73. The van der Waals surface area contributed by atoms with E-state index >= 15 is 0 Å². The number of aromatic nitrogens is 1. The molecule has 168 valence electrons. The highest BCUT2D eigenvalue weighted by Gasteiger charge is 2.45. The van der Waals surface area contributed by atoms with Crippen molar-refractivity contribution in [3.05, 3.63) is 75.0 Å². The van der Waals surface area contributed by atoms with E-state index in [1.807, 2.05) is 4.57 Å². The maximum Gasteiger partial charge on any atom is 0.257 e. The Bertz CT molecular complexity index is 1170. The van der Waals surface area contributed by atoms with E-state index in [0.717, 1.165) is 24.2 Å². The lowest BCUT2D eigenvalue weighted by Gasteiger charge is -2.56. The molecule has 4 aliphatic rings. The molecule has 0 radical (unpaired) electrons. The molecule has 1 amide bonds. The van der Waals surface area contributed by atoms with Gasteiger partial charge in [0.25, 0.3) is 5.91 Å². The van der Waals surface area contributed by atoms with Crippen LogP contribution in [0.25, 0.3) is 5.70 Å². The fourth-order valence-electron chi connectivity index (χ4n) is 5.74. The Morgan fingerprint density at radius 3 is 2.47 bits per heavy atom. The van der Waals surface area contributed by atoms with Gasteiger partial charge in [-0.15, -0.1) is 0 Å². The van der Waals surface area contributed by atoms with Crippen LogP contribution in [-0.4, -0.2) is 27.5 Å². The van der Waals surface area contributed by atoms with Crippen molar-refractivity contribution in [3.8, 4) is 0 Å². The average molecular weight is 443 g/mol. The SMILES string of the molecule is C=C1c2c(C)c(=O)c(C(=O)NCc3c(F)cc(F)cc3F)cn2C[C@H]2C3CCC(CC3)N12. The number of halogens is 3. The van der Waals surface area contributed by atoms with Crippen LogP contribution in [0.15, 0.2) is 29.7 Å². The maximum absolute atomic E-state index is 13.9. The molecule has 6 rings (SSSR count). The third-order valence-corrected chi connectivity index (χ3v) is 7.29. The van der Waals surface area contributed by atoms with E-state index in [2.05, 4.69) is 16.8 Å². The van der Waals surface area contributed by atoms with Crippen molar-refractivity contribution in [2.75, 3.05) is 0 Å². The van der Waals surface area contributed by atoms with E-state index in [-0.39, 0.29) is 5.56 Å². The number of hydrogen-bond acceptors (Lipinski definition) is 3. The first-order valence-corrected chi connectivity index (χ1v) is 10.9. The molecule has 8 heteroatoms.